The summed E-state index contributed by atoms with van der Waals surface area (Å²) in [6.07, 6.45) is -4.50. The zero-order valence-electron chi connectivity index (χ0n) is 17.2. The van der Waals surface area contributed by atoms with Gasteiger partial charge in [-0.05, 0) is 63.1 Å². The van der Waals surface area contributed by atoms with Crippen LogP contribution in [-0.2, 0) is 6.18 Å². The first-order chi connectivity index (χ1) is 14.1. The van der Waals surface area contributed by atoms with E-state index in [0.717, 1.165) is 23.3 Å². The highest BCUT2D eigenvalue weighted by molar-refractivity contribution is 6.02. The van der Waals surface area contributed by atoms with Crippen molar-refractivity contribution < 1.29 is 13.2 Å². The number of alkyl halides is 3. The molecule has 3 aromatic rings. The summed E-state index contributed by atoms with van der Waals surface area (Å²) in [5.74, 6) is 0. The predicted molar refractivity (Wildman–Crippen MR) is 115 cm³/mol. The molecule has 0 saturated heterocycles. The van der Waals surface area contributed by atoms with E-state index in [4.69, 9.17) is 0 Å². The third-order valence-electron chi connectivity index (χ3n) is 4.70. The topological polar surface area (TPSA) is 37.6 Å². The number of para-hydroxylation sites is 2. The Morgan fingerprint density at radius 1 is 0.733 bits per heavy atom. The molecule has 30 heavy (non-hydrogen) atoms. The number of hydrogen-bond acceptors (Lipinski definition) is 3. The van der Waals surface area contributed by atoms with Gasteiger partial charge in [0.1, 0.15) is 0 Å². The summed E-state index contributed by atoms with van der Waals surface area (Å²) in [6, 6.07) is 16.9. The van der Waals surface area contributed by atoms with E-state index in [2.05, 4.69) is 15.0 Å². The van der Waals surface area contributed by atoms with Gasteiger partial charge in [-0.3, -0.25) is 9.98 Å². The maximum atomic E-state index is 13.5. The SMILES string of the molecule is CC(=Nc1ccccc1C)c1cc(C(F)(F)F)cc(C(C)=Nc2ccccc2C)n1. The van der Waals surface area contributed by atoms with Crippen LogP contribution in [-0.4, -0.2) is 16.4 Å². The van der Waals surface area contributed by atoms with Crippen LogP contribution in [0.2, 0.25) is 0 Å². The number of halogens is 3. The monoisotopic (exact) mass is 409 g/mol. The van der Waals surface area contributed by atoms with Gasteiger partial charge in [0.05, 0.1) is 39.7 Å². The largest absolute Gasteiger partial charge is 0.416 e. The van der Waals surface area contributed by atoms with Gasteiger partial charge in [-0.25, -0.2) is 4.98 Å². The normalized spacial score (nSPS) is 12.9. The lowest BCUT2D eigenvalue weighted by Crippen LogP contribution is -2.12. The molecule has 154 valence electrons. The molecule has 3 rings (SSSR count). The first-order valence-corrected chi connectivity index (χ1v) is 9.47. The van der Waals surface area contributed by atoms with Crippen LogP contribution in [0, 0.1) is 13.8 Å². The summed E-state index contributed by atoms with van der Waals surface area (Å²) >= 11 is 0. The molecular formula is C24H22F3N3. The lowest BCUT2D eigenvalue weighted by Gasteiger charge is -2.12. The van der Waals surface area contributed by atoms with Gasteiger partial charge in [-0.1, -0.05) is 36.4 Å². The maximum absolute atomic E-state index is 13.5. The molecule has 0 amide bonds. The molecule has 2 aromatic carbocycles. The minimum atomic E-state index is -4.50. The van der Waals surface area contributed by atoms with Crippen molar-refractivity contribution in [2.24, 2.45) is 9.98 Å². The van der Waals surface area contributed by atoms with Crippen molar-refractivity contribution in [3.63, 3.8) is 0 Å². The van der Waals surface area contributed by atoms with Crippen molar-refractivity contribution in [3.05, 3.63) is 88.7 Å². The lowest BCUT2D eigenvalue weighted by atomic mass is 10.1. The van der Waals surface area contributed by atoms with E-state index < -0.39 is 11.7 Å². The quantitative estimate of drug-likeness (QED) is 0.428. The summed E-state index contributed by atoms with van der Waals surface area (Å²) in [5, 5.41) is 0. The van der Waals surface area contributed by atoms with Crippen LogP contribution in [0.5, 0.6) is 0 Å². The highest BCUT2D eigenvalue weighted by atomic mass is 19.4. The number of nitrogens with zero attached hydrogens (tertiary/aromatic N) is 3. The smallest absolute Gasteiger partial charge is 0.251 e. The van der Waals surface area contributed by atoms with E-state index in [0.29, 0.717) is 22.8 Å². The molecule has 3 nitrogen and oxygen atoms in total. The fourth-order valence-electron chi connectivity index (χ4n) is 2.92. The molecule has 0 aliphatic carbocycles. The highest BCUT2D eigenvalue weighted by Crippen LogP contribution is 2.31. The molecule has 0 radical (unpaired) electrons. The van der Waals surface area contributed by atoms with Gasteiger partial charge in [0, 0.05) is 0 Å². The molecular weight excluding hydrogens is 387 g/mol. The molecule has 1 aromatic heterocycles. The van der Waals surface area contributed by atoms with E-state index in [1.807, 2.05) is 62.4 Å². The van der Waals surface area contributed by atoms with Gasteiger partial charge in [-0.15, -0.1) is 0 Å². The van der Waals surface area contributed by atoms with E-state index >= 15 is 0 Å². The predicted octanol–water partition coefficient (Wildman–Crippen LogP) is 7.00. The maximum Gasteiger partial charge on any atom is 0.416 e. The second-order valence-electron chi connectivity index (χ2n) is 7.09. The van der Waals surface area contributed by atoms with Crippen LogP contribution in [0.25, 0.3) is 0 Å². The third kappa shape index (κ3) is 5.00. The molecule has 0 unspecified atom stereocenters. The number of rotatable bonds is 4. The fourth-order valence-corrected chi connectivity index (χ4v) is 2.92. The van der Waals surface area contributed by atoms with Crippen molar-refractivity contribution in [2.75, 3.05) is 0 Å². The first kappa shape index (κ1) is 21.4. The Morgan fingerprint density at radius 3 is 1.50 bits per heavy atom. The third-order valence-corrected chi connectivity index (χ3v) is 4.70. The van der Waals surface area contributed by atoms with Gasteiger partial charge in [0.15, 0.2) is 0 Å². The number of aryl methyl sites for hydroxylation is 2. The van der Waals surface area contributed by atoms with Gasteiger partial charge in [0.25, 0.3) is 0 Å². The minimum absolute atomic E-state index is 0.169. The number of aromatic nitrogens is 1. The first-order valence-electron chi connectivity index (χ1n) is 9.47. The van der Waals surface area contributed by atoms with Gasteiger partial charge in [0.2, 0.25) is 0 Å². The molecule has 0 atom stereocenters. The molecule has 0 aliphatic heterocycles. The lowest BCUT2D eigenvalue weighted by molar-refractivity contribution is -0.137. The standard InChI is InChI=1S/C24H22F3N3/c1-15-9-5-7-11-20(15)28-17(3)22-13-19(24(25,26)27)14-23(30-22)18(4)29-21-12-8-6-10-16(21)2/h5-14H,1-4H3. The van der Waals surface area contributed by atoms with Crippen LogP contribution < -0.4 is 0 Å². The summed E-state index contributed by atoms with van der Waals surface area (Å²) in [4.78, 5) is 13.4. The molecule has 1 heterocycles. The second-order valence-corrected chi connectivity index (χ2v) is 7.09. The summed E-state index contributed by atoms with van der Waals surface area (Å²) in [6.45, 7) is 7.12. The van der Waals surface area contributed by atoms with Crippen LogP contribution >= 0.6 is 0 Å². The second kappa shape index (κ2) is 8.61. The number of pyridine rings is 1. The van der Waals surface area contributed by atoms with Gasteiger partial charge < -0.3 is 0 Å². The molecule has 6 heteroatoms. The van der Waals surface area contributed by atoms with Gasteiger partial charge in [-0.2, -0.15) is 13.2 Å². The van der Waals surface area contributed by atoms with E-state index in [-0.39, 0.29) is 11.4 Å². The highest BCUT2D eigenvalue weighted by Gasteiger charge is 2.32. The average Bonchev–Trinajstić information content (AvgIpc) is 2.70. The number of hydrogen-bond donors (Lipinski definition) is 0. The molecule has 0 spiro atoms. The average molecular weight is 409 g/mol. The number of aliphatic imine (C=N–C) groups is 2. The van der Waals surface area contributed by atoms with E-state index in [1.165, 1.54) is 0 Å². The van der Waals surface area contributed by atoms with Crippen molar-refractivity contribution in [1.29, 1.82) is 0 Å². The Morgan fingerprint density at radius 2 is 1.13 bits per heavy atom. The van der Waals surface area contributed by atoms with E-state index in [9.17, 15) is 13.2 Å². The fraction of sp³-hybridized carbons (Fsp3) is 0.208. The van der Waals surface area contributed by atoms with Crippen molar-refractivity contribution in [1.82, 2.24) is 4.98 Å². The molecule has 0 bridgehead atoms. The summed E-state index contributed by atoms with van der Waals surface area (Å²) in [5.41, 5.74) is 3.62. The molecule has 0 fully saturated rings. The van der Waals surface area contributed by atoms with Crippen LogP contribution in [0.3, 0.4) is 0 Å². The van der Waals surface area contributed by atoms with E-state index in [1.54, 1.807) is 13.8 Å². The van der Waals surface area contributed by atoms with Crippen LogP contribution in [0.1, 0.15) is 41.9 Å². The Bertz CT molecular complexity index is 1050. The van der Waals surface area contributed by atoms with Crippen molar-refractivity contribution in [2.45, 2.75) is 33.9 Å². The Balaban J connectivity index is 2.11. The Labute approximate surface area is 174 Å². The van der Waals surface area contributed by atoms with Crippen LogP contribution in [0.4, 0.5) is 24.5 Å². The van der Waals surface area contributed by atoms with Crippen molar-refractivity contribution >= 4 is 22.8 Å². The van der Waals surface area contributed by atoms with Crippen molar-refractivity contribution in [3.8, 4) is 0 Å². The minimum Gasteiger partial charge on any atom is -0.251 e. The zero-order chi connectivity index (χ0) is 21.9. The van der Waals surface area contributed by atoms with Crippen LogP contribution in [0.15, 0.2) is 70.6 Å². The molecule has 0 saturated carbocycles. The zero-order valence-corrected chi connectivity index (χ0v) is 17.2. The van der Waals surface area contributed by atoms with Gasteiger partial charge >= 0.3 is 6.18 Å². The summed E-state index contributed by atoms with van der Waals surface area (Å²) in [7, 11) is 0. The molecule has 0 aliphatic rings. The summed E-state index contributed by atoms with van der Waals surface area (Å²) < 4.78 is 40.6. The Kier molecular flexibility index (Phi) is 6.15. The number of benzene rings is 2. The molecule has 0 N–H and O–H groups in total. The Hall–Kier alpha value is -3.28.